The van der Waals surface area contributed by atoms with Crippen LogP contribution in [0.4, 0.5) is 14.9 Å². The first kappa shape index (κ1) is 20.4. The molecular weight excluding hydrogens is 349 g/mol. The van der Waals surface area contributed by atoms with Crippen molar-refractivity contribution >= 4 is 17.7 Å². The first-order chi connectivity index (χ1) is 12.7. The van der Waals surface area contributed by atoms with E-state index in [4.69, 9.17) is 9.47 Å². The van der Waals surface area contributed by atoms with Gasteiger partial charge in [0.15, 0.2) is 0 Å². The van der Waals surface area contributed by atoms with Crippen LogP contribution in [0.25, 0.3) is 0 Å². The largest absolute Gasteiger partial charge is 0.465 e. The first-order valence-electron chi connectivity index (χ1n) is 8.63. The normalized spacial score (nSPS) is 11.0. The van der Waals surface area contributed by atoms with Gasteiger partial charge in [-0.1, -0.05) is 18.2 Å². The molecule has 0 spiro atoms. The van der Waals surface area contributed by atoms with Crippen molar-refractivity contribution in [1.29, 1.82) is 0 Å². The molecule has 0 bridgehead atoms. The quantitative estimate of drug-likeness (QED) is 0.769. The van der Waals surface area contributed by atoms with Crippen molar-refractivity contribution in [3.63, 3.8) is 0 Å². The summed E-state index contributed by atoms with van der Waals surface area (Å²) in [6, 6.07) is 11.3. The third-order valence-electron chi connectivity index (χ3n) is 3.76. The molecule has 27 heavy (non-hydrogen) atoms. The van der Waals surface area contributed by atoms with Gasteiger partial charge >= 0.3 is 12.1 Å². The van der Waals surface area contributed by atoms with Crippen LogP contribution in [0.5, 0.6) is 0 Å². The number of hydrogen-bond acceptors (Lipinski definition) is 4. The fraction of sp³-hybridized carbons (Fsp3) is 0.333. The molecule has 0 aliphatic carbocycles. The van der Waals surface area contributed by atoms with E-state index in [1.807, 2.05) is 0 Å². The molecule has 0 aliphatic rings. The highest BCUT2D eigenvalue weighted by atomic mass is 19.1. The lowest BCUT2D eigenvalue weighted by Gasteiger charge is -2.20. The number of benzene rings is 2. The summed E-state index contributed by atoms with van der Waals surface area (Å²) in [6.45, 7) is 5.31. The Bertz CT molecular complexity index is 810. The Balaban J connectivity index is 2.16. The van der Waals surface area contributed by atoms with E-state index in [1.54, 1.807) is 51.1 Å². The molecule has 6 heteroatoms. The summed E-state index contributed by atoms with van der Waals surface area (Å²) in [5.74, 6) is -0.775. The van der Waals surface area contributed by atoms with Crippen molar-refractivity contribution in [2.75, 3.05) is 12.4 Å². The maximum absolute atomic E-state index is 13.0. The van der Waals surface area contributed by atoms with Gasteiger partial charge in [-0.05, 0) is 69.0 Å². The fourth-order valence-corrected chi connectivity index (χ4v) is 2.52. The summed E-state index contributed by atoms with van der Waals surface area (Å²) in [5.41, 5.74) is 1.93. The van der Waals surface area contributed by atoms with Gasteiger partial charge in [-0.25, -0.2) is 14.0 Å². The predicted molar refractivity (Wildman–Crippen MR) is 101 cm³/mol. The number of aryl methyl sites for hydroxylation is 2. The van der Waals surface area contributed by atoms with Gasteiger partial charge in [-0.3, -0.25) is 5.32 Å². The number of carbonyl (C=O) groups excluding carboxylic acids is 2. The number of amides is 1. The molecule has 0 unspecified atom stereocenters. The minimum Gasteiger partial charge on any atom is -0.465 e. The molecule has 0 atom stereocenters. The molecule has 0 aliphatic heterocycles. The highest BCUT2D eigenvalue weighted by Gasteiger charge is 2.18. The van der Waals surface area contributed by atoms with Crippen molar-refractivity contribution in [3.05, 3.63) is 65.0 Å². The van der Waals surface area contributed by atoms with E-state index in [-0.39, 0.29) is 5.82 Å². The van der Waals surface area contributed by atoms with Gasteiger partial charge in [0, 0.05) is 5.69 Å². The number of anilines is 1. The minimum absolute atomic E-state index is 0.286. The molecule has 144 valence electrons. The lowest BCUT2D eigenvalue weighted by Crippen LogP contribution is -2.27. The molecular formula is C21H24FNO4. The van der Waals surface area contributed by atoms with Crippen LogP contribution < -0.4 is 5.32 Å². The molecule has 0 radical (unpaired) electrons. The lowest BCUT2D eigenvalue weighted by molar-refractivity contribution is 0.0595. The monoisotopic (exact) mass is 373 g/mol. The van der Waals surface area contributed by atoms with Crippen LogP contribution >= 0.6 is 0 Å². The first-order valence-corrected chi connectivity index (χ1v) is 8.63. The van der Waals surface area contributed by atoms with E-state index in [0.717, 1.165) is 11.1 Å². The Morgan fingerprint density at radius 2 is 1.70 bits per heavy atom. The average molecular weight is 373 g/mol. The summed E-state index contributed by atoms with van der Waals surface area (Å²) < 4.78 is 23.1. The zero-order chi connectivity index (χ0) is 20.0. The molecule has 0 fully saturated rings. The maximum Gasteiger partial charge on any atom is 0.412 e. The zero-order valence-electron chi connectivity index (χ0n) is 16.0. The second-order valence-corrected chi connectivity index (χ2v) is 7.12. The molecule has 0 saturated heterocycles. The van der Waals surface area contributed by atoms with Gasteiger partial charge in [0.2, 0.25) is 0 Å². The number of halogens is 1. The molecule has 2 aromatic rings. The Kier molecular flexibility index (Phi) is 6.55. The molecule has 1 amide bonds. The van der Waals surface area contributed by atoms with Gasteiger partial charge in [-0.15, -0.1) is 0 Å². The van der Waals surface area contributed by atoms with Crippen LogP contribution in [0.1, 0.15) is 42.3 Å². The summed E-state index contributed by atoms with van der Waals surface area (Å²) >= 11 is 0. The molecule has 0 saturated carbocycles. The van der Waals surface area contributed by atoms with E-state index < -0.39 is 17.7 Å². The number of methoxy groups -OCH3 is 1. The molecule has 2 rings (SSSR count). The smallest absolute Gasteiger partial charge is 0.412 e. The van der Waals surface area contributed by atoms with E-state index >= 15 is 0 Å². The number of esters is 1. The second kappa shape index (κ2) is 8.66. The molecule has 0 heterocycles. The van der Waals surface area contributed by atoms with Crippen molar-refractivity contribution in [1.82, 2.24) is 0 Å². The van der Waals surface area contributed by atoms with Crippen molar-refractivity contribution < 1.29 is 23.5 Å². The van der Waals surface area contributed by atoms with Gasteiger partial charge in [0.1, 0.15) is 11.4 Å². The predicted octanol–water partition coefficient (Wildman–Crippen LogP) is 4.74. The van der Waals surface area contributed by atoms with E-state index in [9.17, 15) is 14.0 Å². The van der Waals surface area contributed by atoms with Crippen LogP contribution in [0.2, 0.25) is 0 Å². The van der Waals surface area contributed by atoms with Crippen LogP contribution in [0.3, 0.4) is 0 Å². The SMILES string of the molecule is COC(=O)c1cc(NC(=O)OC(C)(C)C)ccc1CCc1ccc(F)cc1. The zero-order valence-corrected chi connectivity index (χ0v) is 16.0. The number of ether oxygens (including phenoxy) is 2. The number of rotatable bonds is 5. The average Bonchev–Trinajstić information content (AvgIpc) is 2.59. The van der Waals surface area contributed by atoms with Crippen molar-refractivity contribution in [2.45, 2.75) is 39.2 Å². The summed E-state index contributed by atoms with van der Waals surface area (Å²) in [4.78, 5) is 24.1. The Morgan fingerprint density at radius 3 is 2.30 bits per heavy atom. The van der Waals surface area contributed by atoms with Crippen LogP contribution in [0.15, 0.2) is 42.5 Å². The highest BCUT2D eigenvalue weighted by molar-refractivity contribution is 5.94. The lowest BCUT2D eigenvalue weighted by atomic mass is 9.99. The molecule has 1 N–H and O–H groups in total. The number of carbonyl (C=O) groups is 2. The Morgan fingerprint density at radius 1 is 1.04 bits per heavy atom. The minimum atomic E-state index is -0.621. The molecule has 0 aromatic heterocycles. The van der Waals surface area contributed by atoms with Gasteiger partial charge in [-0.2, -0.15) is 0 Å². The standard InChI is InChI=1S/C21H24FNO4/c1-21(2,3)27-20(25)23-17-12-9-15(18(13-17)19(24)26-4)8-5-14-6-10-16(22)11-7-14/h6-7,9-13H,5,8H2,1-4H3,(H,23,25). The van der Waals surface area contributed by atoms with Gasteiger partial charge < -0.3 is 9.47 Å². The van der Waals surface area contributed by atoms with E-state index in [1.165, 1.54) is 19.2 Å². The number of nitrogens with one attached hydrogen (secondary N) is 1. The summed E-state index contributed by atoms with van der Waals surface area (Å²) in [7, 11) is 1.31. The third kappa shape index (κ3) is 6.40. The highest BCUT2D eigenvalue weighted by Crippen LogP contribution is 2.20. The molecule has 2 aromatic carbocycles. The summed E-state index contributed by atoms with van der Waals surface area (Å²) in [5, 5.41) is 2.61. The van der Waals surface area contributed by atoms with Gasteiger partial charge in [0.05, 0.1) is 12.7 Å². The van der Waals surface area contributed by atoms with E-state index in [2.05, 4.69) is 5.32 Å². The Labute approximate surface area is 158 Å². The second-order valence-electron chi connectivity index (χ2n) is 7.12. The van der Waals surface area contributed by atoms with Crippen LogP contribution in [-0.2, 0) is 22.3 Å². The summed E-state index contributed by atoms with van der Waals surface area (Å²) in [6.07, 6.45) is 0.615. The third-order valence-corrected chi connectivity index (χ3v) is 3.76. The topological polar surface area (TPSA) is 64.6 Å². The molecule has 5 nitrogen and oxygen atoms in total. The van der Waals surface area contributed by atoms with Crippen LogP contribution in [-0.4, -0.2) is 24.8 Å². The van der Waals surface area contributed by atoms with Crippen molar-refractivity contribution in [2.24, 2.45) is 0 Å². The van der Waals surface area contributed by atoms with E-state index in [0.29, 0.717) is 24.1 Å². The fourth-order valence-electron chi connectivity index (χ4n) is 2.52. The van der Waals surface area contributed by atoms with Gasteiger partial charge in [0.25, 0.3) is 0 Å². The Hall–Kier alpha value is -2.89. The maximum atomic E-state index is 13.0. The van der Waals surface area contributed by atoms with Crippen LogP contribution in [0, 0.1) is 5.82 Å². The number of hydrogen-bond donors (Lipinski definition) is 1. The van der Waals surface area contributed by atoms with Crippen molar-refractivity contribution in [3.8, 4) is 0 Å².